The molecule has 1 aromatic carbocycles. The molecule has 0 bridgehead atoms. The summed E-state index contributed by atoms with van der Waals surface area (Å²) in [6.07, 6.45) is -0.694. The largest absolute Gasteiger partial charge is 0.435 e. The van der Waals surface area contributed by atoms with E-state index in [4.69, 9.17) is 0 Å². The van der Waals surface area contributed by atoms with Crippen LogP contribution in [-0.2, 0) is 17.5 Å². The Balaban J connectivity index is 1.68. The smallest absolute Gasteiger partial charge is 0.348 e. The Kier molecular flexibility index (Phi) is 5.07. The minimum atomic E-state index is -4.53. The highest BCUT2D eigenvalue weighted by molar-refractivity contribution is 5.76. The Labute approximate surface area is 154 Å². The summed E-state index contributed by atoms with van der Waals surface area (Å²) in [7, 11) is 0. The van der Waals surface area contributed by atoms with Crippen molar-refractivity contribution in [1.29, 1.82) is 0 Å². The van der Waals surface area contributed by atoms with Gasteiger partial charge in [0.15, 0.2) is 5.69 Å². The summed E-state index contributed by atoms with van der Waals surface area (Å²) in [6, 6.07) is 12.1. The second kappa shape index (κ2) is 7.30. The minimum absolute atomic E-state index is 0.274. The summed E-state index contributed by atoms with van der Waals surface area (Å²) >= 11 is 0. The number of nitrogens with one attached hydrogen (secondary N) is 1. The molecule has 2 aromatic heterocycles. The molecular formula is C19H19F3N4O. The van der Waals surface area contributed by atoms with Crippen molar-refractivity contribution in [3.8, 4) is 5.69 Å². The molecule has 0 radical (unpaired) electrons. The lowest BCUT2D eigenvalue weighted by atomic mass is 10.1. The zero-order valence-electron chi connectivity index (χ0n) is 14.9. The number of hydrogen-bond donors (Lipinski definition) is 1. The number of carbonyl (C=O) groups is 1. The maximum Gasteiger partial charge on any atom is 0.435 e. The van der Waals surface area contributed by atoms with E-state index in [1.54, 1.807) is 0 Å². The second-order valence-electron chi connectivity index (χ2n) is 6.30. The number of amides is 1. The Morgan fingerprint density at radius 2 is 1.89 bits per heavy atom. The molecule has 2 heterocycles. The first-order valence-corrected chi connectivity index (χ1v) is 8.38. The highest BCUT2D eigenvalue weighted by Gasteiger charge is 2.34. The van der Waals surface area contributed by atoms with Crippen molar-refractivity contribution in [2.45, 2.75) is 32.6 Å². The molecule has 142 valence electrons. The van der Waals surface area contributed by atoms with Gasteiger partial charge in [-0.15, -0.1) is 0 Å². The number of hydrogen-bond acceptors (Lipinski definition) is 2. The van der Waals surface area contributed by atoms with Gasteiger partial charge in [-0.25, -0.2) is 0 Å². The molecule has 27 heavy (non-hydrogen) atoms. The molecule has 3 aromatic rings. The molecule has 1 amide bonds. The highest BCUT2D eigenvalue weighted by Crippen LogP contribution is 2.28. The second-order valence-corrected chi connectivity index (χ2v) is 6.30. The van der Waals surface area contributed by atoms with E-state index in [1.165, 1.54) is 6.92 Å². The average Bonchev–Trinajstić information content (AvgIpc) is 3.25. The lowest BCUT2D eigenvalue weighted by Crippen LogP contribution is -2.31. The van der Waals surface area contributed by atoms with E-state index in [1.807, 2.05) is 60.3 Å². The van der Waals surface area contributed by atoms with Crippen molar-refractivity contribution >= 4 is 5.91 Å². The predicted octanol–water partition coefficient (Wildman–Crippen LogP) is 3.88. The zero-order valence-corrected chi connectivity index (χ0v) is 14.9. The molecule has 8 heteroatoms. The van der Waals surface area contributed by atoms with Crippen molar-refractivity contribution in [2.75, 3.05) is 0 Å². The van der Waals surface area contributed by atoms with Crippen LogP contribution < -0.4 is 5.32 Å². The summed E-state index contributed by atoms with van der Waals surface area (Å²) in [5.74, 6) is -0.409. The van der Waals surface area contributed by atoms with E-state index in [-0.39, 0.29) is 18.3 Å². The SMILES string of the molecule is Cc1cc(C(F)(F)F)nn1CC(=O)NC(C)c1cccc(-n2cccc2)c1. The first kappa shape index (κ1) is 18.8. The molecule has 0 aliphatic carbocycles. The molecule has 1 unspecified atom stereocenters. The van der Waals surface area contributed by atoms with Crippen LogP contribution in [0.15, 0.2) is 54.9 Å². The van der Waals surface area contributed by atoms with Gasteiger partial charge < -0.3 is 9.88 Å². The van der Waals surface area contributed by atoms with E-state index < -0.39 is 17.8 Å². The molecule has 1 atom stereocenters. The Morgan fingerprint density at radius 3 is 2.52 bits per heavy atom. The van der Waals surface area contributed by atoms with Crippen LogP contribution in [0.25, 0.3) is 5.69 Å². The average molecular weight is 376 g/mol. The van der Waals surface area contributed by atoms with Gasteiger partial charge in [-0.05, 0) is 49.7 Å². The van der Waals surface area contributed by atoms with Gasteiger partial charge in [0.2, 0.25) is 5.91 Å². The van der Waals surface area contributed by atoms with Gasteiger partial charge in [-0.3, -0.25) is 9.48 Å². The number of nitrogens with zero attached hydrogens (tertiary/aromatic N) is 3. The first-order valence-electron chi connectivity index (χ1n) is 8.38. The van der Waals surface area contributed by atoms with Crippen molar-refractivity contribution < 1.29 is 18.0 Å². The first-order chi connectivity index (χ1) is 12.7. The van der Waals surface area contributed by atoms with Gasteiger partial charge in [0.1, 0.15) is 6.54 Å². The molecule has 1 N–H and O–H groups in total. The molecule has 0 aliphatic heterocycles. The topological polar surface area (TPSA) is 51.9 Å². The van der Waals surface area contributed by atoms with Crippen LogP contribution >= 0.6 is 0 Å². The molecule has 0 spiro atoms. The summed E-state index contributed by atoms with van der Waals surface area (Å²) in [5.41, 5.74) is 1.12. The molecular weight excluding hydrogens is 357 g/mol. The van der Waals surface area contributed by atoms with Crippen LogP contribution in [0.3, 0.4) is 0 Å². The minimum Gasteiger partial charge on any atom is -0.348 e. The molecule has 3 rings (SSSR count). The van der Waals surface area contributed by atoms with E-state index in [0.29, 0.717) is 0 Å². The van der Waals surface area contributed by atoms with Gasteiger partial charge in [0, 0.05) is 23.8 Å². The lowest BCUT2D eigenvalue weighted by Gasteiger charge is -2.16. The number of halogens is 3. The van der Waals surface area contributed by atoms with Gasteiger partial charge in [0.05, 0.1) is 6.04 Å². The third-order valence-electron chi connectivity index (χ3n) is 4.22. The third kappa shape index (κ3) is 4.39. The van der Waals surface area contributed by atoms with Crippen molar-refractivity contribution in [1.82, 2.24) is 19.7 Å². The quantitative estimate of drug-likeness (QED) is 0.735. The highest BCUT2D eigenvalue weighted by atomic mass is 19.4. The van der Waals surface area contributed by atoms with Crippen LogP contribution in [0.1, 0.15) is 29.9 Å². The molecule has 5 nitrogen and oxygen atoms in total. The summed E-state index contributed by atoms with van der Waals surface area (Å²) in [6.45, 7) is 3.03. The van der Waals surface area contributed by atoms with Crippen LogP contribution in [-0.4, -0.2) is 20.3 Å². The third-order valence-corrected chi connectivity index (χ3v) is 4.22. The fraction of sp³-hybridized carbons (Fsp3) is 0.263. The van der Waals surface area contributed by atoms with Crippen molar-refractivity contribution in [2.24, 2.45) is 0 Å². The molecule has 0 saturated heterocycles. The summed E-state index contributed by atoms with van der Waals surface area (Å²) in [5, 5.41) is 6.28. The number of carbonyl (C=O) groups excluding carboxylic acids is 1. The Morgan fingerprint density at radius 1 is 1.19 bits per heavy atom. The van der Waals surface area contributed by atoms with Gasteiger partial charge in [0.25, 0.3) is 0 Å². The number of benzene rings is 1. The van der Waals surface area contributed by atoms with Gasteiger partial charge >= 0.3 is 6.18 Å². The number of aromatic nitrogens is 3. The van der Waals surface area contributed by atoms with Crippen molar-refractivity contribution in [3.63, 3.8) is 0 Å². The van der Waals surface area contributed by atoms with E-state index in [9.17, 15) is 18.0 Å². The summed E-state index contributed by atoms with van der Waals surface area (Å²) < 4.78 is 41.2. The lowest BCUT2D eigenvalue weighted by molar-refractivity contribution is -0.141. The molecule has 0 saturated carbocycles. The van der Waals surface area contributed by atoms with E-state index in [2.05, 4.69) is 10.4 Å². The molecule has 0 aliphatic rings. The Hall–Kier alpha value is -3.03. The van der Waals surface area contributed by atoms with Gasteiger partial charge in [-0.1, -0.05) is 12.1 Å². The fourth-order valence-corrected chi connectivity index (χ4v) is 2.78. The van der Waals surface area contributed by atoms with Crippen molar-refractivity contribution in [3.05, 3.63) is 71.8 Å². The fourth-order valence-electron chi connectivity index (χ4n) is 2.78. The summed E-state index contributed by atoms with van der Waals surface area (Å²) in [4.78, 5) is 12.3. The van der Waals surface area contributed by atoms with Crippen LogP contribution in [0, 0.1) is 6.92 Å². The maximum atomic E-state index is 12.7. The number of alkyl halides is 3. The number of rotatable bonds is 5. The monoisotopic (exact) mass is 376 g/mol. The molecule has 0 fully saturated rings. The maximum absolute atomic E-state index is 12.7. The van der Waals surface area contributed by atoms with E-state index in [0.717, 1.165) is 22.0 Å². The predicted molar refractivity (Wildman–Crippen MR) is 94.3 cm³/mol. The van der Waals surface area contributed by atoms with Crippen LogP contribution in [0.2, 0.25) is 0 Å². The normalized spacial score (nSPS) is 12.8. The van der Waals surface area contributed by atoms with E-state index >= 15 is 0 Å². The van der Waals surface area contributed by atoms with Crippen LogP contribution in [0.4, 0.5) is 13.2 Å². The van der Waals surface area contributed by atoms with Crippen LogP contribution in [0.5, 0.6) is 0 Å². The number of aryl methyl sites for hydroxylation is 1. The Bertz CT molecular complexity index is 929. The standard InChI is InChI=1S/C19H19F3N4O/c1-13-10-17(19(20,21)22)24-26(13)12-18(27)23-14(2)15-6-5-7-16(11-15)25-8-3-4-9-25/h3-11,14H,12H2,1-2H3,(H,23,27). The van der Waals surface area contributed by atoms with Gasteiger partial charge in [-0.2, -0.15) is 18.3 Å². The zero-order chi connectivity index (χ0) is 19.6.